The van der Waals surface area contributed by atoms with E-state index in [2.05, 4.69) is 15.2 Å². The summed E-state index contributed by atoms with van der Waals surface area (Å²) in [4.78, 5) is 18.1. The van der Waals surface area contributed by atoms with Crippen molar-refractivity contribution in [2.75, 3.05) is 18.8 Å². The standard InChI is InChI=1S/C18H22N4O/c19-14-4-2-1-3-13(14)15-5-6-16(20-15)18(23)21-17-11-12-7-9-22(17)10-8-12/h1-6,12,17,20H,7-11,19H2,(H,21,23). The number of piperidine rings is 3. The number of nitrogen functional groups attached to an aromatic ring is 1. The molecule has 4 heterocycles. The first-order valence-electron chi connectivity index (χ1n) is 8.29. The molecule has 0 saturated carbocycles. The Bertz CT molecular complexity index is 715. The van der Waals surface area contributed by atoms with Crippen LogP contribution in [0.25, 0.3) is 11.3 Å². The molecule has 23 heavy (non-hydrogen) atoms. The zero-order valence-electron chi connectivity index (χ0n) is 13.1. The van der Waals surface area contributed by atoms with Gasteiger partial charge in [-0.3, -0.25) is 9.69 Å². The number of aromatic nitrogens is 1. The van der Waals surface area contributed by atoms with E-state index in [0.29, 0.717) is 11.4 Å². The molecule has 1 unspecified atom stereocenters. The van der Waals surface area contributed by atoms with Gasteiger partial charge in [-0.1, -0.05) is 18.2 Å². The molecule has 1 aromatic heterocycles. The molecule has 5 rings (SSSR count). The first-order valence-corrected chi connectivity index (χ1v) is 8.29. The van der Waals surface area contributed by atoms with Gasteiger partial charge in [0, 0.05) is 30.0 Å². The highest BCUT2D eigenvalue weighted by Crippen LogP contribution is 2.31. The molecule has 1 amide bonds. The number of para-hydroxylation sites is 1. The maximum Gasteiger partial charge on any atom is 0.268 e. The third kappa shape index (κ3) is 2.72. The van der Waals surface area contributed by atoms with Gasteiger partial charge in [-0.05, 0) is 43.4 Å². The van der Waals surface area contributed by atoms with Crippen LogP contribution in [0.5, 0.6) is 0 Å². The number of nitrogens with one attached hydrogen (secondary N) is 2. The molecule has 2 aromatic rings. The van der Waals surface area contributed by atoms with Gasteiger partial charge in [0.05, 0.1) is 6.17 Å². The molecule has 0 aliphatic carbocycles. The van der Waals surface area contributed by atoms with Gasteiger partial charge in [0.25, 0.3) is 5.91 Å². The number of nitrogens with zero attached hydrogens (tertiary/aromatic N) is 1. The normalized spacial score (nSPS) is 26.2. The molecular weight excluding hydrogens is 288 g/mol. The first-order chi connectivity index (χ1) is 11.2. The Morgan fingerprint density at radius 1 is 1.17 bits per heavy atom. The summed E-state index contributed by atoms with van der Waals surface area (Å²) in [6.07, 6.45) is 3.80. The number of hydrogen-bond acceptors (Lipinski definition) is 3. The van der Waals surface area contributed by atoms with Gasteiger partial charge in [0.15, 0.2) is 0 Å². The zero-order valence-corrected chi connectivity index (χ0v) is 13.1. The minimum Gasteiger partial charge on any atom is -0.398 e. The quantitative estimate of drug-likeness (QED) is 0.762. The maximum absolute atomic E-state index is 12.5. The highest BCUT2D eigenvalue weighted by atomic mass is 16.2. The van der Waals surface area contributed by atoms with E-state index in [4.69, 9.17) is 5.73 Å². The predicted octanol–water partition coefficient (Wildman–Crippen LogP) is 2.44. The van der Waals surface area contributed by atoms with Crippen molar-refractivity contribution in [1.29, 1.82) is 0 Å². The fraction of sp³-hybridized carbons (Fsp3) is 0.389. The fourth-order valence-electron chi connectivity index (χ4n) is 3.77. The lowest BCUT2D eigenvalue weighted by Crippen LogP contribution is -2.56. The Labute approximate surface area is 135 Å². The molecule has 3 saturated heterocycles. The zero-order chi connectivity index (χ0) is 15.8. The SMILES string of the molecule is Nc1ccccc1-c1ccc(C(=O)NC2CC3CCN2CC3)[nH]1. The second-order valence-electron chi connectivity index (χ2n) is 6.58. The molecule has 5 nitrogen and oxygen atoms in total. The van der Waals surface area contributed by atoms with Gasteiger partial charge < -0.3 is 16.0 Å². The van der Waals surface area contributed by atoms with E-state index < -0.39 is 0 Å². The number of amides is 1. The molecule has 3 aliphatic rings. The predicted molar refractivity (Wildman–Crippen MR) is 90.8 cm³/mol. The second-order valence-corrected chi connectivity index (χ2v) is 6.58. The summed E-state index contributed by atoms with van der Waals surface area (Å²) < 4.78 is 0. The van der Waals surface area contributed by atoms with Gasteiger partial charge in [-0.15, -0.1) is 0 Å². The highest BCUT2D eigenvalue weighted by molar-refractivity contribution is 5.94. The number of aromatic amines is 1. The van der Waals surface area contributed by atoms with Gasteiger partial charge in [0.2, 0.25) is 0 Å². The van der Waals surface area contributed by atoms with Crippen LogP contribution in [0, 0.1) is 5.92 Å². The summed E-state index contributed by atoms with van der Waals surface area (Å²) in [5, 5.41) is 3.17. The van der Waals surface area contributed by atoms with Crippen LogP contribution in [0.4, 0.5) is 5.69 Å². The number of benzene rings is 1. The molecular formula is C18H22N4O. The average Bonchev–Trinajstić information content (AvgIpc) is 3.06. The van der Waals surface area contributed by atoms with Crippen molar-refractivity contribution in [3.63, 3.8) is 0 Å². The maximum atomic E-state index is 12.5. The lowest BCUT2D eigenvalue weighted by atomic mass is 9.86. The molecule has 3 aliphatic heterocycles. The summed E-state index contributed by atoms with van der Waals surface area (Å²) in [7, 11) is 0. The third-order valence-electron chi connectivity index (χ3n) is 5.13. The minimum absolute atomic E-state index is 0.0386. The molecule has 2 bridgehead atoms. The van der Waals surface area contributed by atoms with Crippen LogP contribution in [0.2, 0.25) is 0 Å². The largest absolute Gasteiger partial charge is 0.398 e. The molecule has 5 heteroatoms. The summed E-state index contributed by atoms with van der Waals surface area (Å²) in [5.41, 5.74) is 9.09. The van der Waals surface area contributed by atoms with E-state index in [9.17, 15) is 4.79 Å². The second kappa shape index (κ2) is 5.74. The number of rotatable bonds is 3. The Morgan fingerprint density at radius 2 is 1.96 bits per heavy atom. The lowest BCUT2D eigenvalue weighted by molar-refractivity contribution is 0.0293. The van der Waals surface area contributed by atoms with Crippen LogP contribution in [0.3, 0.4) is 0 Å². The Morgan fingerprint density at radius 3 is 2.65 bits per heavy atom. The van der Waals surface area contributed by atoms with E-state index in [0.717, 1.165) is 36.7 Å². The Hall–Kier alpha value is -2.27. The number of carbonyl (C=O) groups is 1. The van der Waals surface area contributed by atoms with Gasteiger partial charge >= 0.3 is 0 Å². The molecule has 0 spiro atoms. The van der Waals surface area contributed by atoms with Crippen molar-refractivity contribution in [3.8, 4) is 11.3 Å². The molecule has 1 atom stereocenters. The smallest absolute Gasteiger partial charge is 0.268 e. The van der Waals surface area contributed by atoms with Crippen molar-refractivity contribution in [1.82, 2.24) is 15.2 Å². The molecule has 4 N–H and O–H groups in total. The van der Waals surface area contributed by atoms with Crippen molar-refractivity contribution in [2.24, 2.45) is 5.92 Å². The molecule has 1 aromatic carbocycles. The van der Waals surface area contributed by atoms with E-state index >= 15 is 0 Å². The summed E-state index contributed by atoms with van der Waals surface area (Å²) >= 11 is 0. The number of nitrogens with two attached hydrogens (primary N) is 1. The Balaban J connectivity index is 1.48. The van der Waals surface area contributed by atoms with Crippen LogP contribution in [0.1, 0.15) is 29.8 Å². The van der Waals surface area contributed by atoms with Gasteiger partial charge in [-0.2, -0.15) is 0 Å². The first kappa shape index (κ1) is 14.3. The average molecular weight is 310 g/mol. The number of hydrogen-bond donors (Lipinski definition) is 3. The van der Waals surface area contributed by atoms with E-state index in [1.165, 1.54) is 12.8 Å². The van der Waals surface area contributed by atoms with Crippen molar-refractivity contribution >= 4 is 11.6 Å². The minimum atomic E-state index is -0.0386. The molecule has 3 fully saturated rings. The van der Waals surface area contributed by atoms with E-state index in [1.54, 1.807) is 0 Å². The van der Waals surface area contributed by atoms with Gasteiger partial charge in [-0.25, -0.2) is 0 Å². The van der Waals surface area contributed by atoms with Crippen molar-refractivity contribution < 1.29 is 4.79 Å². The molecule has 0 radical (unpaired) electrons. The number of anilines is 1. The van der Waals surface area contributed by atoms with E-state index in [1.807, 2.05) is 36.4 Å². The highest BCUT2D eigenvalue weighted by Gasteiger charge is 2.34. The van der Waals surface area contributed by atoms with Crippen molar-refractivity contribution in [3.05, 3.63) is 42.1 Å². The summed E-state index contributed by atoms with van der Waals surface area (Å²) in [5.74, 6) is 0.733. The lowest BCUT2D eigenvalue weighted by Gasteiger charge is -2.45. The molecule has 120 valence electrons. The van der Waals surface area contributed by atoms with Crippen LogP contribution >= 0.6 is 0 Å². The fourth-order valence-corrected chi connectivity index (χ4v) is 3.77. The van der Waals surface area contributed by atoms with Crippen LogP contribution in [0.15, 0.2) is 36.4 Å². The number of H-pyrrole nitrogens is 1. The monoisotopic (exact) mass is 310 g/mol. The van der Waals surface area contributed by atoms with Crippen LogP contribution < -0.4 is 11.1 Å². The number of fused-ring (bicyclic) bond motifs is 3. The number of carbonyl (C=O) groups excluding carboxylic acids is 1. The Kier molecular flexibility index (Phi) is 3.58. The van der Waals surface area contributed by atoms with E-state index in [-0.39, 0.29) is 12.1 Å². The van der Waals surface area contributed by atoms with Crippen LogP contribution in [-0.2, 0) is 0 Å². The summed E-state index contributed by atoms with van der Waals surface area (Å²) in [6, 6.07) is 11.4. The van der Waals surface area contributed by atoms with Gasteiger partial charge in [0.1, 0.15) is 5.69 Å². The van der Waals surface area contributed by atoms with Crippen LogP contribution in [-0.4, -0.2) is 35.0 Å². The topological polar surface area (TPSA) is 74.2 Å². The van der Waals surface area contributed by atoms with Crippen molar-refractivity contribution in [2.45, 2.75) is 25.4 Å². The third-order valence-corrected chi connectivity index (χ3v) is 5.13. The summed E-state index contributed by atoms with van der Waals surface area (Å²) in [6.45, 7) is 2.21.